The molecule has 0 radical (unpaired) electrons. The summed E-state index contributed by atoms with van der Waals surface area (Å²) in [6, 6.07) is 25.9. The Morgan fingerprint density at radius 2 is 1.19 bits per heavy atom. The van der Waals surface area contributed by atoms with Crippen molar-refractivity contribution in [2.45, 2.75) is 11.3 Å². The van der Waals surface area contributed by atoms with Gasteiger partial charge in [-0.05, 0) is 46.5 Å². The van der Waals surface area contributed by atoms with Crippen LogP contribution < -0.4 is 9.47 Å². The van der Waals surface area contributed by atoms with E-state index in [0.717, 1.165) is 11.5 Å². The Bertz CT molecular complexity index is 1090. The summed E-state index contributed by atoms with van der Waals surface area (Å²) >= 11 is 0. The molecule has 0 spiro atoms. The highest BCUT2D eigenvalue weighted by Crippen LogP contribution is 2.55. The lowest BCUT2D eigenvalue weighted by molar-refractivity contribution is 0.393. The standard InChI is InChI=1S/C29H26O2/c1-30-25-16-12-23(13-17-25)29(22-8-4-5-9-22,24-14-18-26(31-2)19-15-24)28-20-11-21-7-3-6-10-27(21)28/h3-20,22,28H,1-2H3. The molecule has 31 heavy (non-hydrogen) atoms. The Kier molecular flexibility index (Phi) is 4.99. The second-order valence-corrected chi connectivity index (χ2v) is 8.09. The molecule has 1 atom stereocenters. The van der Waals surface area contributed by atoms with E-state index >= 15 is 0 Å². The number of benzene rings is 3. The lowest BCUT2D eigenvalue weighted by atomic mass is 9.58. The topological polar surface area (TPSA) is 18.5 Å². The third-order valence-electron chi connectivity index (χ3n) is 6.70. The van der Waals surface area contributed by atoms with E-state index in [1.807, 2.05) is 0 Å². The van der Waals surface area contributed by atoms with Crippen LogP contribution in [0.4, 0.5) is 0 Å². The van der Waals surface area contributed by atoms with Crippen LogP contribution in [0.2, 0.25) is 0 Å². The van der Waals surface area contributed by atoms with Crippen LogP contribution in [0, 0.1) is 5.92 Å². The molecular formula is C29H26O2. The molecule has 0 aliphatic heterocycles. The second-order valence-electron chi connectivity index (χ2n) is 8.09. The predicted molar refractivity (Wildman–Crippen MR) is 127 cm³/mol. The normalized spacial score (nSPS) is 17.2. The molecule has 0 bridgehead atoms. The molecule has 0 N–H and O–H groups in total. The first-order valence-corrected chi connectivity index (χ1v) is 10.7. The number of methoxy groups -OCH3 is 2. The smallest absolute Gasteiger partial charge is 0.118 e. The first-order valence-electron chi connectivity index (χ1n) is 10.7. The van der Waals surface area contributed by atoms with Crippen molar-refractivity contribution in [2.24, 2.45) is 5.92 Å². The average molecular weight is 407 g/mol. The molecule has 2 aliphatic rings. The van der Waals surface area contributed by atoms with Gasteiger partial charge >= 0.3 is 0 Å². The molecule has 154 valence electrons. The van der Waals surface area contributed by atoms with Crippen molar-refractivity contribution < 1.29 is 9.47 Å². The van der Waals surface area contributed by atoms with Crippen LogP contribution in [0.15, 0.2) is 103 Å². The van der Waals surface area contributed by atoms with Crippen LogP contribution in [-0.2, 0) is 5.41 Å². The van der Waals surface area contributed by atoms with Crippen molar-refractivity contribution in [2.75, 3.05) is 14.2 Å². The maximum Gasteiger partial charge on any atom is 0.118 e. The highest BCUT2D eigenvalue weighted by atomic mass is 16.5. The largest absolute Gasteiger partial charge is 0.497 e. The van der Waals surface area contributed by atoms with Crippen LogP contribution >= 0.6 is 0 Å². The van der Waals surface area contributed by atoms with Crippen LogP contribution in [0.25, 0.3) is 6.08 Å². The average Bonchev–Trinajstić information content (AvgIpc) is 3.52. The van der Waals surface area contributed by atoms with Gasteiger partial charge in [-0.15, -0.1) is 0 Å². The maximum atomic E-state index is 5.47. The minimum absolute atomic E-state index is 0.197. The summed E-state index contributed by atoms with van der Waals surface area (Å²) in [5.41, 5.74) is 4.90. The van der Waals surface area contributed by atoms with Crippen LogP contribution in [-0.4, -0.2) is 14.2 Å². The summed E-state index contributed by atoms with van der Waals surface area (Å²) in [5.74, 6) is 2.15. The van der Waals surface area contributed by atoms with E-state index in [1.54, 1.807) is 14.2 Å². The highest BCUT2D eigenvalue weighted by Gasteiger charge is 2.48. The summed E-state index contributed by atoms with van der Waals surface area (Å²) in [4.78, 5) is 0. The van der Waals surface area contributed by atoms with Gasteiger partial charge in [0.15, 0.2) is 0 Å². The zero-order valence-corrected chi connectivity index (χ0v) is 17.9. The lowest BCUT2D eigenvalue weighted by Crippen LogP contribution is -2.39. The highest BCUT2D eigenvalue weighted by molar-refractivity contribution is 5.67. The van der Waals surface area contributed by atoms with Gasteiger partial charge in [0.2, 0.25) is 0 Å². The first-order chi connectivity index (χ1) is 15.3. The van der Waals surface area contributed by atoms with Gasteiger partial charge < -0.3 is 9.47 Å². The lowest BCUT2D eigenvalue weighted by Gasteiger charge is -2.44. The van der Waals surface area contributed by atoms with Gasteiger partial charge in [-0.1, -0.05) is 85.0 Å². The third-order valence-corrected chi connectivity index (χ3v) is 6.70. The van der Waals surface area contributed by atoms with E-state index in [1.165, 1.54) is 22.3 Å². The first kappa shape index (κ1) is 19.4. The van der Waals surface area contributed by atoms with Gasteiger partial charge in [0.25, 0.3) is 0 Å². The fourth-order valence-corrected chi connectivity index (χ4v) is 5.23. The van der Waals surface area contributed by atoms with Crippen molar-refractivity contribution in [1.29, 1.82) is 0 Å². The Labute approximate surface area is 184 Å². The molecule has 0 amide bonds. The van der Waals surface area contributed by atoms with Crippen molar-refractivity contribution >= 4 is 6.08 Å². The van der Waals surface area contributed by atoms with E-state index in [2.05, 4.69) is 109 Å². The summed E-state index contributed by atoms with van der Waals surface area (Å²) < 4.78 is 10.9. The van der Waals surface area contributed by atoms with Crippen molar-refractivity contribution in [3.8, 4) is 11.5 Å². The fourth-order valence-electron chi connectivity index (χ4n) is 5.23. The molecule has 0 saturated heterocycles. The van der Waals surface area contributed by atoms with Gasteiger partial charge in [-0.3, -0.25) is 0 Å². The van der Waals surface area contributed by atoms with Crippen LogP contribution in [0.5, 0.6) is 11.5 Å². The molecule has 5 rings (SSSR count). The molecule has 0 aromatic heterocycles. The molecule has 3 aromatic carbocycles. The predicted octanol–water partition coefficient (Wildman–Crippen LogP) is 6.54. The number of allylic oxidation sites excluding steroid dienone is 5. The van der Waals surface area contributed by atoms with E-state index in [0.29, 0.717) is 0 Å². The zero-order chi connectivity index (χ0) is 21.3. The number of hydrogen-bond donors (Lipinski definition) is 0. The van der Waals surface area contributed by atoms with E-state index < -0.39 is 0 Å². The minimum Gasteiger partial charge on any atom is -0.497 e. The van der Waals surface area contributed by atoms with Crippen LogP contribution in [0.1, 0.15) is 28.2 Å². The van der Waals surface area contributed by atoms with E-state index in [9.17, 15) is 0 Å². The molecule has 0 fully saturated rings. The summed E-state index contributed by atoms with van der Waals surface area (Å²) in [6.45, 7) is 0. The molecule has 2 heteroatoms. The summed E-state index contributed by atoms with van der Waals surface area (Å²) in [5, 5.41) is 0. The quantitative estimate of drug-likeness (QED) is 0.462. The van der Waals surface area contributed by atoms with Crippen molar-refractivity contribution in [3.63, 3.8) is 0 Å². The van der Waals surface area contributed by atoms with Gasteiger partial charge in [-0.2, -0.15) is 0 Å². The molecule has 0 heterocycles. The molecule has 2 aliphatic carbocycles. The second kappa shape index (κ2) is 7.96. The summed E-state index contributed by atoms with van der Waals surface area (Å²) in [6.07, 6.45) is 13.6. The van der Waals surface area contributed by atoms with Gasteiger partial charge in [0, 0.05) is 17.3 Å². The monoisotopic (exact) mass is 406 g/mol. The third kappa shape index (κ3) is 3.11. The SMILES string of the molecule is COc1ccc(C(c2ccc(OC)cc2)(C2C=CC=C2)C2C=Cc3ccccc32)cc1. The van der Waals surface area contributed by atoms with Crippen LogP contribution in [0.3, 0.4) is 0 Å². The minimum atomic E-state index is -0.300. The number of fused-ring (bicyclic) bond motifs is 1. The maximum absolute atomic E-state index is 5.47. The van der Waals surface area contributed by atoms with E-state index in [4.69, 9.17) is 9.47 Å². The Morgan fingerprint density at radius 3 is 1.74 bits per heavy atom. The molecule has 3 aromatic rings. The number of ether oxygens (including phenoxy) is 2. The van der Waals surface area contributed by atoms with Crippen molar-refractivity contribution in [1.82, 2.24) is 0 Å². The molecule has 0 saturated carbocycles. The fraction of sp³-hybridized carbons (Fsp3) is 0.172. The van der Waals surface area contributed by atoms with Crippen molar-refractivity contribution in [3.05, 3.63) is 125 Å². The molecular weight excluding hydrogens is 380 g/mol. The Hall–Kier alpha value is -3.52. The summed E-state index contributed by atoms with van der Waals surface area (Å²) in [7, 11) is 3.42. The number of hydrogen-bond acceptors (Lipinski definition) is 2. The zero-order valence-electron chi connectivity index (χ0n) is 17.9. The van der Waals surface area contributed by atoms with E-state index in [-0.39, 0.29) is 17.3 Å². The Morgan fingerprint density at radius 1 is 0.645 bits per heavy atom. The van der Waals surface area contributed by atoms with Gasteiger partial charge in [0.05, 0.1) is 14.2 Å². The van der Waals surface area contributed by atoms with Gasteiger partial charge in [0.1, 0.15) is 11.5 Å². The Balaban J connectivity index is 1.79. The molecule has 2 nitrogen and oxygen atoms in total. The van der Waals surface area contributed by atoms with Gasteiger partial charge in [-0.25, -0.2) is 0 Å². The molecule has 1 unspecified atom stereocenters. The number of rotatable bonds is 6.